The molecule has 0 radical (unpaired) electrons. The fourth-order valence-electron chi connectivity index (χ4n) is 1.60. The highest BCUT2D eigenvalue weighted by atomic mass is 16.4. The molecule has 0 aliphatic rings. The maximum absolute atomic E-state index is 12.0. The molecular weight excluding hydrogens is 248 g/mol. The Morgan fingerprint density at radius 2 is 2.16 bits per heavy atom. The molecule has 1 unspecified atom stereocenters. The third kappa shape index (κ3) is 3.54. The number of hydrogen-bond acceptors (Lipinski definition) is 3. The maximum atomic E-state index is 12.0. The van der Waals surface area contributed by atoms with Gasteiger partial charge in [-0.25, -0.2) is 4.79 Å². The van der Waals surface area contributed by atoms with Gasteiger partial charge >= 0.3 is 5.97 Å². The van der Waals surface area contributed by atoms with Gasteiger partial charge in [0.2, 0.25) is 0 Å². The fourth-order valence-corrected chi connectivity index (χ4v) is 1.60. The molecule has 2 N–H and O–H groups in total. The van der Waals surface area contributed by atoms with Gasteiger partial charge in [-0.2, -0.15) is 0 Å². The number of Topliss-reactive ketones (excluding diaryl/α,β-unsaturated/α-hetero) is 1. The second-order valence-electron chi connectivity index (χ2n) is 4.17. The number of nitrogens with one attached hydrogen (secondary N) is 1. The highest BCUT2D eigenvalue weighted by Crippen LogP contribution is 2.08. The molecule has 0 bridgehead atoms. The third-order valence-electron chi connectivity index (χ3n) is 2.65. The first kappa shape index (κ1) is 14.7. The quantitative estimate of drug-likeness (QED) is 0.592. The van der Waals surface area contributed by atoms with Crippen LogP contribution in [0.25, 0.3) is 0 Å². The van der Waals surface area contributed by atoms with Crippen LogP contribution >= 0.6 is 0 Å². The highest BCUT2D eigenvalue weighted by Gasteiger charge is 2.21. The van der Waals surface area contributed by atoms with Crippen LogP contribution in [0.15, 0.2) is 24.9 Å². The van der Waals surface area contributed by atoms with E-state index in [1.807, 2.05) is 0 Å². The zero-order chi connectivity index (χ0) is 14.6. The van der Waals surface area contributed by atoms with Crippen molar-refractivity contribution in [1.82, 2.24) is 9.88 Å². The van der Waals surface area contributed by atoms with Gasteiger partial charge in [0, 0.05) is 18.8 Å². The molecule has 0 aliphatic carbocycles. The predicted octanol–water partition coefficient (Wildman–Crippen LogP) is 0.987. The van der Waals surface area contributed by atoms with Crippen molar-refractivity contribution in [2.45, 2.75) is 19.4 Å². The minimum atomic E-state index is -1.13. The number of aromatic nitrogens is 1. The molecule has 1 atom stereocenters. The first-order valence-corrected chi connectivity index (χ1v) is 5.68. The van der Waals surface area contributed by atoms with Gasteiger partial charge in [-0.15, -0.1) is 6.58 Å². The summed E-state index contributed by atoms with van der Waals surface area (Å²) in [4.78, 5) is 34.1. The van der Waals surface area contributed by atoms with Crippen molar-refractivity contribution in [3.05, 3.63) is 36.2 Å². The summed E-state index contributed by atoms with van der Waals surface area (Å²) in [6.07, 6.45) is 3.08. The first-order chi connectivity index (χ1) is 8.86. The van der Waals surface area contributed by atoms with Gasteiger partial charge in [0.25, 0.3) is 5.91 Å². The normalized spacial score (nSPS) is 11.7. The summed E-state index contributed by atoms with van der Waals surface area (Å²) >= 11 is 0. The second-order valence-corrected chi connectivity index (χ2v) is 4.17. The SMILES string of the molecule is C=CCC(NC(=O)c1cc(C(C)=O)cn1C)C(=O)O. The van der Waals surface area contributed by atoms with E-state index in [9.17, 15) is 14.4 Å². The number of aryl methyl sites for hydroxylation is 1. The zero-order valence-corrected chi connectivity index (χ0v) is 10.8. The molecule has 1 aromatic rings. The molecule has 6 nitrogen and oxygen atoms in total. The molecule has 0 fully saturated rings. The summed E-state index contributed by atoms with van der Waals surface area (Å²) < 4.78 is 1.49. The number of ketones is 1. The molecule has 0 aliphatic heterocycles. The van der Waals surface area contributed by atoms with Crippen LogP contribution in [-0.4, -0.2) is 33.4 Å². The summed E-state index contributed by atoms with van der Waals surface area (Å²) in [6.45, 7) is 4.84. The number of aliphatic carboxylic acids is 1. The van der Waals surface area contributed by atoms with Crippen LogP contribution in [-0.2, 0) is 11.8 Å². The van der Waals surface area contributed by atoms with Crippen LogP contribution in [0.3, 0.4) is 0 Å². The molecule has 0 aromatic carbocycles. The largest absolute Gasteiger partial charge is 0.480 e. The van der Waals surface area contributed by atoms with Gasteiger partial charge in [-0.1, -0.05) is 6.08 Å². The molecular formula is C13H16N2O4. The number of carbonyl (C=O) groups is 3. The molecule has 0 spiro atoms. The lowest BCUT2D eigenvalue weighted by molar-refractivity contribution is -0.139. The molecule has 0 saturated carbocycles. The number of rotatable bonds is 6. The van der Waals surface area contributed by atoms with E-state index in [1.165, 1.54) is 29.8 Å². The Labute approximate surface area is 110 Å². The Morgan fingerprint density at radius 3 is 2.58 bits per heavy atom. The third-order valence-corrected chi connectivity index (χ3v) is 2.65. The highest BCUT2D eigenvalue weighted by molar-refractivity contribution is 6.00. The van der Waals surface area contributed by atoms with E-state index in [4.69, 9.17) is 5.11 Å². The Kier molecular flexibility index (Phi) is 4.63. The van der Waals surface area contributed by atoms with Crippen molar-refractivity contribution in [1.29, 1.82) is 0 Å². The summed E-state index contributed by atoms with van der Waals surface area (Å²) in [6, 6.07) is 0.408. The van der Waals surface area contributed by atoms with E-state index in [2.05, 4.69) is 11.9 Å². The Balaban J connectivity index is 2.91. The molecule has 0 saturated heterocycles. The molecule has 1 aromatic heterocycles. The number of carbonyl (C=O) groups excluding carboxylic acids is 2. The van der Waals surface area contributed by atoms with Crippen molar-refractivity contribution in [3.8, 4) is 0 Å². The van der Waals surface area contributed by atoms with Gasteiger partial charge in [-0.3, -0.25) is 9.59 Å². The van der Waals surface area contributed by atoms with Gasteiger partial charge in [0.1, 0.15) is 11.7 Å². The molecule has 1 rings (SSSR count). The predicted molar refractivity (Wildman–Crippen MR) is 69.1 cm³/mol. The number of carboxylic acid groups (broad SMARTS) is 1. The Hall–Kier alpha value is -2.37. The van der Waals surface area contributed by atoms with Crippen molar-refractivity contribution in [2.24, 2.45) is 7.05 Å². The standard InChI is InChI=1S/C13H16N2O4/c1-4-5-10(13(18)19)14-12(17)11-6-9(8(2)16)7-15(11)3/h4,6-7,10H,1,5H2,2-3H3,(H,14,17)(H,18,19). The van der Waals surface area contributed by atoms with Crippen LogP contribution in [0, 0.1) is 0 Å². The minimum Gasteiger partial charge on any atom is -0.480 e. The van der Waals surface area contributed by atoms with Gasteiger partial charge in [0.15, 0.2) is 5.78 Å². The van der Waals surface area contributed by atoms with Crippen molar-refractivity contribution < 1.29 is 19.5 Å². The summed E-state index contributed by atoms with van der Waals surface area (Å²) in [5, 5.41) is 11.3. The van der Waals surface area contributed by atoms with Gasteiger partial charge in [0.05, 0.1) is 0 Å². The monoisotopic (exact) mass is 264 g/mol. The molecule has 102 valence electrons. The van der Waals surface area contributed by atoms with Crippen LogP contribution in [0.4, 0.5) is 0 Å². The van der Waals surface area contributed by atoms with Crippen LogP contribution in [0.2, 0.25) is 0 Å². The van der Waals surface area contributed by atoms with E-state index in [0.717, 1.165) is 0 Å². The van der Waals surface area contributed by atoms with E-state index >= 15 is 0 Å². The molecule has 19 heavy (non-hydrogen) atoms. The van der Waals surface area contributed by atoms with Crippen LogP contribution < -0.4 is 5.32 Å². The number of hydrogen-bond donors (Lipinski definition) is 2. The molecule has 1 heterocycles. The Morgan fingerprint density at radius 1 is 1.53 bits per heavy atom. The maximum Gasteiger partial charge on any atom is 0.326 e. The number of nitrogens with zero attached hydrogens (tertiary/aromatic N) is 1. The van der Waals surface area contributed by atoms with E-state index in [0.29, 0.717) is 5.56 Å². The lowest BCUT2D eigenvalue weighted by Crippen LogP contribution is -2.41. The topological polar surface area (TPSA) is 88.4 Å². The lowest BCUT2D eigenvalue weighted by atomic mass is 10.2. The lowest BCUT2D eigenvalue weighted by Gasteiger charge is -2.12. The fraction of sp³-hybridized carbons (Fsp3) is 0.308. The summed E-state index contributed by atoms with van der Waals surface area (Å²) in [5.41, 5.74) is 0.642. The van der Waals surface area contributed by atoms with Crippen LogP contribution in [0.1, 0.15) is 34.2 Å². The number of carboxylic acids is 1. The van der Waals surface area contributed by atoms with E-state index in [-0.39, 0.29) is 17.9 Å². The van der Waals surface area contributed by atoms with E-state index in [1.54, 1.807) is 7.05 Å². The van der Waals surface area contributed by atoms with Crippen molar-refractivity contribution in [3.63, 3.8) is 0 Å². The van der Waals surface area contributed by atoms with Crippen LogP contribution in [0.5, 0.6) is 0 Å². The van der Waals surface area contributed by atoms with Gasteiger partial charge < -0.3 is 15.0 Å². The average molecular weight is 264 g/mol. The zero-order valence-electron chi connectivity index (χ0n) is 10.8. The van der Waals surface area contributed by atoms with Gasteiger partial charge in [-0.05, 0) is 19.4 Å². The van der Waals surface area contributed by atoms with Crippen molar-refractivity contribution >= 4 is 17.7 Å². The average Bonchev–Trinajstić information content (AvgIpc) is 2.70. The summed E-state index contributed by atoms with van der Waals surface area (Å²) in [7, 11) is 1.62. The molecule has 6 heteroatoms. The van der Waals surface area contributed by atoms with E-state index < -0.39 is 17.9 Å². The minimum absolute atomic E-state index is 0.130. The molecule has 1 amide bonds. The smallest absolute Gasteiger partial charge is 0.326 e. The van der Waals surface area contributed by atoms with Crippen molar-refractivity contribution in [2.75, 3.05) is 0 Å². The second kappa shape index (κ2) is 5.99. The summed E-state index contributed by atoms with van der Waals surface area (Å²) in [5.74, 6) is -1.82. The first-order valence-electron chi connectivity index (χ1n) is 5.68. The number of amides is 1. The Bertz CT molecular complexity index is 531.